The molecule has 1 aromatic carbocycles. The van der Waals surface area contributed by atoms with Gasteiger partial charge < -0.3 is 9.63 Å². The summed E-state index contributed by atoms with van der Waals surface area (Å²) in [4.78, 5) is 22.2. The minimum Gasteiger partial charge on any atom is -0.481 e. The molecule has 32 heavy (non-hydrogen) atoms. The van der Waals surface area contributed by atoms with Crippen molar-refractivity contribution in [3.8, 4) is 22.8 Å². The molecule has 0 aliphatic carbocycles. The van der Waals surface area contributed by atoms with Gasteiger partial charge in [-0.1, -0.05) is 31.5 Å². The zero-order valence-electron chi connectivity index (χ0n) is 18.3. The fourth-order valence-electron chi connectivity index (χ4n) is 3.89. The second kappa shape index (κ2) is 9.56. The molecule has 1 aliphatic heterocycles. The Kier molecular flexibility index (Phi) is 6.60. The number of halogens is 1. The molecule has 3 heterocycles. The third kappa shape index (κ3) is 4.70. The number of benzene rings is 1. The SMILES string of the molecule is CCCCc1ccc(-c2nc(-c3ccc(CN4CC(C(=O)O)C4)nc3CC)no2)cc1F. The summed E-state index contributed by atoms with van der Waals surface area (Å²) in [5.41, 5.74) is 3.74. The van der Waals surface area contributed by atoms with Gasteiger partial charge in [-0.2, -0.15) is 4.98 Å². The number of pyridine rings is 1. The highest BCUT2D eigenvalue weighted by Crippen LogP contribution is 2.27. The maximum Gasteiger partial charge on any atom is 0.309 e. The number of likely N-dealkylation sites (tertiary alicyclic amines) is 1. The van der Waals surface area contributed by atoms with Crippen LogP contribution in [0.4, 0.5) is 4.39 Å². The average Bonchev–Trinajstić information content (AvgIpc) is 3.24. The highest BCUT2D eigenvalue weighted by atomic mass is 19.1. The first-order valence-electron chi connectivity index (χ1n) is 11.0. The van der Waals surface area contributed by atoms with E-state index in [1.165, 1.54) is 6.07 Å². The van der Waals surface area contributed by atoms with E-state index in [0.717, 1.165) is 29.8 Å². The molecule has 7 nitrogen and oxygen atoms in total. The normalized spacial score (nSPS) is 14.5. The van der Waals surface area contributed by atoms with Crippen molar-refractivity contribution >= 4 is 5.97 Å². The first-order chi connectivity index (χ1) is 15.5. The number of hydrogen-bond donors (Lipinski definition) is 1. The third-order valence-corrected chi connectivity index (χ3v) is 5.83. The van der Waals surface area contributed by atoms with Crippen molar-refractivity contribution in [2.75, 3.05) is 13.1 Å². The Morgan fingerprint density at radius 1 is 1.22 bits per heavy atom. The summed E-state index contributed by atoms with van der Waals surface area (Å²) in [6.07, 6.45) is 3.36. The molecule has 8 heteroatoms. The number of carboxylic acids is 1. The Morgan fingerprint density at radius 2 is 2.03 bits per heavy atom. The number of aryl methyl sites for hydroxylation is 2. The Balaban J connectivity index is 1.50. The summed E-state index contributed by atoms with van der Waals surface area (Å²) in [6, 6.07) is 8.86. The highest BCUT2D eigenvalue weighted by molar-refractivity contribution is 5.71. The van der Waals surface area contributed by atoms with Gasteiger partial charge in [-0.3, -0.25) is 14.7 Å². The number of nitrogens with zero attached hydrogens (tertiary/aromatic N) is 4. The molecule has 3 aromatic rings. The van der Waals surface area contributed by atoms with Crippen LogP contribution in [0.1, 0.15) is 43.6 Å². The summed E-state index contributed by atoms with van der Waals surface area (Å²) in [6.45, 7) is 5.78. The average molecular weight is 439 g/mol. The molecule has 0 radical (unpaired) electrons. The summed E-state index contributed by atoms with van der Waals surface area (Å²) in [7, 11) is 0. The zero-order chi connectivity index (χ0) is 22.7. The van der Waals surface area contributed by atoms with Crippen molar-refractivity contribution in [2.45, 2.75) is 46.1 Å². The van der Waals surface area contributed by atoms with E-state index in [4.69, 9.17) is 14.6 Å². The Bertz CT molecular complexity index is 1110. The van der Waals surface area contributed by atoms with Gasteiger partial charge in [-0.15, -0.1) is 0 Å². The standard InChI is InChI=1S/C24H27FN4O3/c1-3-5-6-15-7-8-16(11-20(15)25)23-27-22(28-32-23)19-10-9-18(26-21(19)4-2)14-29-12-17(13-29)24(30)31/h7-11,17H,3-6,12-14H2,1-2H3,(H,30,31). The molecular weight excluding hydrogens is 411 g/mol. The molecule has 0 saturated carbocycles. The van der Waals surface area contributed by atoms with Gasteiger partial charge in [-0.25, -0.2) is 4.39 Å². The third-order valence-electron chi connectivity index (χ3n) is 5.83. The number of hydrogen-bond acceptors (Lipinski definition) is 6. The van der Waals surface area contributed by atoms with E-state index in [2.05, 4.69) is 22.0 Å². The Morgan fingerprint density at radius 3 is 2.72 bits per heavy atom. The van der Waals surface area contributed by atoms with Crippen LogP contribution in [0.25, 0.3) is 22.8 Å². The number of aromatic nitrogens is 3. The lowest BCUT2D eigenvalue weighted by Crippen LogP contribution is -2.49. The van der Waals surface area contributed by atoms with Gasteiger partial charge in [0.25, 0.3) is 5.89 Å². The second-order valence-corrected chi connectivity index (χ2v) is 8.21. The van der Waals surface area contributed by atoms with E-state index < -0.39 is 5.97 Å². The van der Waals surface area contributed by atoms with E-state index in [1.54, 1.807) is 6.07 Å². The highest BCUT2D eigenvalue weighted by Gasteiger charge is 2.32. The van der Waals surface area contributed by atoms with Gasteiger partial charge in [0, 0.05) is 30.8 Å². The monoisotopic (exact) mass is 438 g/mol. The topological polar surface area (TPSA) is 92.4 Å². The smallest absolute Gasteiger partial charge is 0.309 e. The molecular formula is C24H27FN4O3. The lowest BCUT2D eigenvalue weighted by molar-refractivity contribution is -0.147. The molecule has 1 aliphatic rings. The molecule has 0 atom stereocenters. The molecule has 1 N–H and O–H groups in total. The molecule has 2 aromatic heterocycles. The summed E-state index contributed by atoms with van der Waals surface area (Å²) >= 11 is 0. The van der Waals surface area contributed by atoms with Crippen LogP contribution in [0.5, 0.6) is 0 Å². The van der Waals surface area contributed by atoms with Gasteiger partial charge >= 0.3 is 5.97 Å². The first kappa shape index (κ1) is 22.1. The van der Waals surface area contributed by atoms with E-state index in [1.807, 2.05) is 25.1 Å². The van der Waals surface area contributed by atoms with Crippen molar-refractivity contribution < 1.29 is 18.8 Å². The van der Waals surface area contributed by atoms with Gasteiger partial charge in [0.2, 0.25) is 5.82 Å². The van der Waals surface area contributed by atoms with Gasteiger partial charge in [0.15, 0.2) is 0 Å². The van der Waals surface area contributed by atoms with Crippen molar-refractivity contribution in [1.29, 1.82) is 0 Å². The number of unbranched alkanes of at least 4 members (excludes halogenated alkanes) is 1. The lowest BCUT2D eigenvalue weighted by Gasteiger charge is -2.36. The summed E-state index contributed by atoms with van der Waals surface area (Å²) < 4.78 is 19.8. The molecule has 1 saturated heterocycles. The minimum absolute atomic E-state index is 0.257. The fourth-order valence-corrected chi connectivity index (χ4v) is 3.89. The van der Waals surface area contributed by atoms with Crippen LogP contribution < -0.4 is 0 Å². The molecule has 1 fully saturated rings. The summed E-state index contributed by atoms with van der Waals surface area (Å²) in [5, 5.41) is 13.1. The molecule has 0 unspecified atom stereocenters. The van der Waals surface area contributed by atoms with Crippen LogP contribution in [0.15, 0.2) is 34.9 Å². The van der Waals surface area contributed by atoms with Crippen molar-refractivity contribution in [1.82, 2.24) is 20.0 Å². The predicted molar refractivity (Wildman–Crippen MR) is 117 cm³/mol. The summed E-state index contributed by atoms with van der Waals surface area (Å²) in [5.74, 6) is -0.605. The predicted octanol–water partition coefficient (Wildman–Crippen LogP) is 4.36. The molecule has 168 valence electrons. The quantitative estimate of drug-likeness (QED) is 0.531. The van der Waals surface area contributed by atoms with E-state index in [9.17, 15) is 9.18 Å². The zero-order valence-corrected chi connectivity index (χ0v) is 18.3. The van der Waals surface area contributed by atoms with Crippen molar-refractivity contribution in [3.05, 3.63) is 53.1 Å². The van der Waals surface area contributed by atoms with Crippen LogP contribution >= 0.6 is 0 Å². The fraction of sp³-hybridized carbons (Fsp3) is 0.417. The molecule has 4 rings (SSSR count). The van der Waals surface area contributed by atoms with Crippen LogP contribution in [-0.2, 0) is 24.2 Å². The van der Waals surface area contributed by atoms with Crippen molar-refractivity contribution in [3.63, 3.8) is 0 Å². The van der Waals surface area contributed by atoms with Crippen molar-refractivity contribution in [2.24, 2.45) is 5.92 Å². The minimum atomic E-state index is -0.748. The van der Waals surface area contributed by atoms with Crippen LogP contribution in [0.3, 0.4) is 0 Å². The molecule has 0 spiro atoms. The molecule has 0 bridgehead atoms. The second-order valence-electron chi connectivity index (χ2n) is 8.21. The van der Waals surface area contributed by atoms with E-state index in [0.29, 0.717) is 49.4 Å². The molecule has 0 amide bonds. The van der Waals surface area contributed by atoms with Crippen LogP contribution in [-0.4, -0.2) is 44.2 Å². The van der Waals surface area contributed by atoms with Crippen LogP contribution in [0, 0.1) is 11.7 Å². The number of carbonyl (C=O) groups is 1. The maximum atomic E-state index is 14.4. The first-order valence-corrected chi connectivity index (χ1v) is 11.0. The van der Waals surface area contributed by atoms with E-state index >= 15 is 0 Å². The van der Waals surface area contributed by atoms with Gasteiger partial charge in [0.1, 0.15) is 5.82 Å². The Labute approximate surface area is 186 Å². The lowest BCUT2D eigenvalue weighted by atomic mass is 10.0. The maximum absolute atomic E-state index is 14.4. The number of carboxylic acid groups (broad SMARTS) is 1. The van der Waals surface area contributed by atoms with Gasteiger partial charge in [-0.05, 0) is 49.1 Å². The van der Waals surface area contributed by atoms with Crippen LogP contribution in [0.2, 0.25) is 0 Å². The number of rotatable bonds is 9. The number of aliphatic carboxylic acids is 1. The van der Waals surface area contributed by atoms with Gasteiger partial charge in [0.05, 0.1) is 17.3 Å². The van der Waals surface area contributed by atoms with E-state index in [-0.39, 0.29) is 17.6 Å². The largest absolute Gasteiger partial charge is 0.481 e. The Hall–Kier alpha value is -3.13.